The maximum Gasteiger partial charge on any atom is 2.00 e. The largest absolute Gasteiger partial charge is 2.00 e. The van der Waals surface area contributed by atoms with Crippen LogP contribution in [-0.4, -0.2) is 61.0 Å². The standard InChI is InChI=1S/2C8H12O4.2C4H9.Sn/c2*1-6(2)5-12-8(11)4-3-7(9)10;2*1-3-4-2;/h2*3-4,6H,5H2,1-2H3,(H,9,10);2*1,3-4H2,2H3;/q;;;;+2/p-2/b2*4-3+;;;. The molecule has 0 aromatic carbocycles. The van der Waals surface area contributed by atoms with E-state index >= 15 is 0 Å². The number of hydrogen-bond acceptors (Lipinski definition) is 8. The van der Waals surface area contributed by atoms with Gasteiger partial charge in [-0.15, -0.1) is 0 Å². The number of unbranched alkanes of at least 4 members (excludes halogenated alkanes) is 2. The Morgan fingerprint density at radius 3 is 1.09 bits per heavy atom. The minimum Gasteiger partial charge on any atom is -0.545 e. The summed E-state index contributed by atoms with van der Waals surface area (Å²) < 4.78 is 9.27. The summed E-state index contributed by atoms with van der Waals surface area (Å²) in [6.07, 6.45) is 7.50. The van der Waals surface area contributed by atoms with Gasteiger partial charge in [0, 0.05) is 12.2 Å². The second-order valence-electron chi connectivity index (χ2n) is 7.06. The molecular weight excluding hydrogens is 535 g/mol. The molecule has 0 heterocycles. The van der Waals surface area contributed by atoms with Crippen LogP contribution in [0.5, 0.6) is 0 Å². The van der Waals surface area contributed by atoms with Crippen LogP contribution in [0.2, 0.25) is 0 Å². The molecule has 0 aliphatic heterocycles. The normalized spacial score (nSPS) is 9.52. The molecular formula is C24H40O8Sn. The van der Waals surface area contributed by atoms with E-state index in [4.69, 9.17) is 0 Å². The van der Waals surface area contributed by atoms with Crippen molar-refractivity contribution in [1.29, 1.82) is 0 Å². The first-order valence-electron chi connectivity index (χ1n) is 10.6. The molecule has 0 bridgehead atoms. The van der Waals surface area contributed by atoms with Crippen molar-refractivity contribution in [3.8, 4) is 0 Å². The molecule has 33 heavy (non-hydrogen) atoms. The van der Waals surface area contributed by atoms with Crippen LogP contribution in [0.25, 0.3) is 0 Å². The predicted octanol–water partition coefficient (Wildman–Crippen LogP) is 1.84. The molecule has 0 atom stereocenters. The Hall–Kier alpha value is -1.84. The van der Waals surface area contributed by atoms with Gasteiger partial charge in [0.05, 0.1) is 25.2 Å². The molecule has 0 aliphatic rings. The van der Waals surface area contributed by atoms with Gasteiger partial charge in [0.25, 0.3) is 0 Å². The summed E-state index contributed by atoms with van der Waals surface area (Å²) in [4.78, 5) is 41.0. The average Bonchev–Trinajstić information content (AvgIpc) is 2.73. The molecule has 8 nitrogen and oxygen atoms in total. The third kappa shape index (κ3) is 58.8. The smallest absolute Gasteiger partial charge is 0.545 e. The van der Waals surface area contributed by atoms with E-state index in [1.165, 1.54) is 12.8 Å². The van der Waals surface area contributed by atoms with Crippen LogP contribution in [0.15, 0.2) is 24.3 Å². The summed E-state index contributed by atoms with van der Waals surface area (Å²) in [7, 11) is 0. The minimum atomic E-state index is -1.41. The Kier molecular flexibility index (Phi) is 40.6. The molecule has 9 heteroatoms. The number of aliphatic carboxylic acids is 2. The van der Waals surface area contributed by atoms with E-state index in [1.807, 2.05) is 27.7 Å². The molecule has 0 saturated carbocycles. The number of carboxylic acid groups (broad SMARTS) is 2. The zero-order valence-electron chi connectivity index (χ0n) is 20.9. The van der Waals surface area contributed by atoms with Crippen molar-refractivity contribution >= 4 is 47.8 Å². The topological polar surface area (TPSA) is 133 Å². The van der Waals surface area contributed by atoms with E-state index in [0.717, 1.165) is 25.0 Å². The van der Waals surface area contributed by atoms with E-state index in [-0.39, 0.29) is 49.0 Å². The monoisotopic (exact) mass is 576 g/mol. The van der Waals surface area contributed by atoms with Gasteiger partial charge in [0.2, 0.25) is 0 Å². The van der Waals surface area contributed by atoms with Crippen LogP contribution in [0.1, 0.15) is 67.2 Å². The first-order chi connectivity index (χ1) is 14.9. The fraction of sp³-hybridized carbons (Fsp3) is 0.583. The Labute approximate surface area is 216 Å². The van der Waals surface area contributed by atoms with Crippen molar-refractivity contribution in [1.82, 2.24) is 0 Å². The summed E-state index contributed by atoms with van der Waals surface area (Å²) in [5, 5.41) is 19.7. The van der Waals surface area contributed by atoms with E-state index in [1.54, 1.807) is 0 Å². The predicted molar refractivity (Wildman–Crippen MR) is 126 cm³/mol. The molecule has 188 valence electrons. The molecule has 0 rings (SSSR count). The van der Waals surface area contributed by atoms with Gasteiger partial charge in [-0.25, -0.2) is 9.59 Å². The van der Waals surface area contributed by atoms with Gasteiger partial charge < -0.3 is 29.3 Å². The van der Waals surface area contributed by atoms with Crippen molar-refractivity contribution in [2.75, 3.05) is 13.2 Å². The summed E-state index contributed by atoms with van der Waals surface area (Å²) in [5.74, 6) is -3.65. The van der Waals surface area contributed by atoms with Gasteiger partial charge in [-0.1, -0.05) is 81.1 Å². The van der Waals surface area contributed by atoms with Crippen LogP contribution >= 0.6 is 0 Å². The van der Waals surface area contributed by atoms with Gasteiger partial charge in [0.1, 0.15) is 0 Å². The zero-order chi connectivity index (χ0) is 25.9. The third-order valence-corrected chi connectivity index (χ3v) is 2.54. The molecule has 0 spiro atoms. The molecule has 0 amide bonds. The second-order valence-corrected chi connectivity index (χ2v) is 7.06. The number of hydrogen-bond donors (Lipinski definition) is 0. The molecule has 0 N–H and O–H groups in total. The van der Waals surface area contributed by atoms with Crippen molar-refractivity contribution in [2.45, 2.75) is 67.2 Å². The Balaban J connectivity index is -0.000000117. The summed E-state index contributed by atoms with van der Waals surface area (Å²) in [5.41, 5.74) is 0. The van der Waals surface area contributed by atoms with E-state index in [2.05, 4.69) is 37.2 Å². The van der Waals surface area contributed by atoms with Crippen molar-refractivity contribution in [3.05, 3.63) is 38.2 Å². The van der Waals surface area contributed by atoms with Crippen LogP contribution in [0, 0.1) is 25.7 Å². The summed E-state index contributed by atoms with van der Waals surface area (Å²) >= 11 is 0. The number of rotatable bonds is 10. The molecule has 0 saturated heterocycles. The third-order valence-electron chi connectivity index (χ3n) is 2.54. The van der Waals surface area contributed by atoms with Gasteiger partial charge in [-0.05, 0) is 24.0 Å². The molecule has 4 radical (unpaired) electrons. The summed E-state index contributed by atoms with van der Waals surface area (Å²) in [6.45, 7) is 19.6. The van der Waals surface area contributed by atoms with Gasteiger partial charge in [-0.2, -0.15) is 0 Å². The van der Waals surface area contributed by atoms with Crippen LogP contribution in [0.4, 0.5) is 0 Å². The Morgan fingerprint density at radius 1 is 0.697 bits per heavy atom. The van der Waals surface area contributed by atoms with Crippen LogP contribution in [-0.2, 0) is 28.7 Å². The number of esters is 2. The zero-order valence-corrected chi connectivity index (χ0v) is 23.7. The van der Waals surface area contributed by atoms with E-state index in [9.17, 15) is 29.4 Å². The van der Waals surface area contributed by atoms with Crippen molar-refractivity contribution < 1.29 is 38.9 Å². The molecule has 0 aromatic rings. The van der Waals surface area contributed by atoms with Crippen molar-refractivity contribution in [3.63, 3.8) is 0 Å². The quantitative estimate of drug-likeness (QED) is 0.219. The number of carboxylic acids is 2. The molecule has 0 aromatic heterocycles. The second kappa shape index (κ2) is 32.3. The number of ether oxygens (including phenoxy) is 2. The van der Waals surface area contributed by atoms with E-state index in [0.29, 0.717) is 12.2 Å². The Morgan fingerprint density at radius 2 is 0.939 bits per heavy atom. The number of carbonyl (C=O) groups excluding carboxylic acids is 4. The van der Waals surface area contributed by atoms with Gasteiger partial charge >= 0.3 is 35.8 Å². The summed E-state index contributed by atoms with van der Waals surface area (Å²) in [6, 6.07) is 0. The SMILES string of the molecule is CC(C)COC(=O)/C=C/C(=O)[O-].CC(C)COC(=O)/C=C/C(=O)[O-].[CH2]CCC.[CH2]CCC.[Sn+2]. The maximum atomic E-state index is 10.7. The minimum absolute atomic E-state index is 0. The molecule has 0 unspecified atom stereocenters. The van der Waals surface area contributed by atoms with Crippen LogP contribution in [0.3, 0.4) is 0 Å². The first kappa shape index (κ1) is 41.4. The first-order valence-corrected chi connectivity index (χ1v) is 10.6. The maximum absolute atomic E-state index is 10.7. The van der Waals surface area contributed by atoms with Crippen LogP contribution < -0.4 is 10.2 Å². The van der Waals surface area contributed by atoms with Crippen molar-refractivity contribution in [2.24, 2.45) is 11.8 Å². The Bertz CT molecular complexity index is 489. The van der Waals surface area contributed by atoms with E-state index < -0.39 is 23.9 Å². The fourth-order valence-electron chi connectivity index (χ4n) is 0.866. The fourth-order valence-corrected chi connectivity index (χ4v) is 0.866. The molecule has 0 fully saturated rings. The van der Waals surface area contributed by atoms with Gasteiger partial charge in [-0.3, -0.25) is 0 Å². The average molecular weight is 575 g/mol. The number of carbonyl (C=O) groups is 4. The van der Waals surface area contributed by atoms with Gasteiger partial charge in [0.15, 0.2) is 0 Å². The molecule has 0 aliphatic carbocycles.